The quantitative estimate of drug-likeness (QED) is 0.775. The Labute approximate surface area is 129 Å². The Balaban J connectivity index is 1.87. The first-order chi connectivity index (χ1) is 10.8. The highest BCUT2D eigenvalue weighted by atomic mass is 19.4. The van der Waals surface area contributed by atoms with Crippen LogP contribution in [0.5, 0.6) is 0 Å². The summed E-state index contributed by atoms with van der Waals surface area (Å²) in [7, 11) is 0. The molecule has 0 bridgehead atoms. The van der Waals surface area contributed by atoms with Gasteiger partial charge in [0.1, 0.15) is 0 Å². The van der Waals surface area contributed by atoms with E-state index in [1.807, 2.05) is 0 Å². The summed E-state index contributed by atoms with van der Waals surface area (Å²) in [5.41, 5.74) is 6.42. The van der Waals surface area contributed by atoms with Crippen molar-refractivity contribution in [1.82, 2.24) is 19.6 Å². The molecule has 0 radical (unpaired) electrons. The molecule has 3 aromatic rings. The lowest BCUT2D eigenvalue weighted by Gasteiger charge is -2.12. The van der Waals surface area contributed by atoms with Gasteiger partial charge in [-0.1, -0.05) is 11.6 Å². The topological polar surface area (TPSA) is 81.1 Å². The molecule has 2 heterocycles. The van der Waals surface area contributed by atoms with Gasteiger partial charge in [-0.25, -0.2) is 4.98 Å². The van der Waals surface area contributed by atoms with E-state index in [2.05, 4.69) is 20.5 Å². The second-order valence-corrected chi connectivity index (χ2v) is 5.09. The molecule has 0 aliphatic carbocycles. The molecule has 0 amide bonds. The molecule has 9 heteroatoms. The fourth-order valence-electron chi connectivity index (χ4n) is 2.28. The second kappa shape index (κ2) is 5.41. The third kappa shape index (κ3) is 3.03. The number of nitrogens with one attached hydrogen (secondary N) is 1. The monoisotopic (exact) mass is 322 g/mol. The summed E-state index contributed by atoms with van der Waals surface area (Å²) < 4.78 is 40.1. The van der Waals surface area contributed by atoms with Crippen LogP contribution in [0.25, 0.3) is 5.65 Å². The third-order valence-corrected chi connectivity index (χ3v) is 3.28. The van der Waals surface area contributed by atoms with Crippen molar-refractivity contribution < 1.29 is 13.2 Å². The maximum Gasteiger partial charge on any atom is 0.416 e. The highest BCUT2D eigenvalue weighted by molar-refractivity contribution is 5.63. The zero-order valence-corrected chi connectivity index (χ0v) is 12.1. The first-order valence-electron chi connectivity index (χ1n) is 6.71. The second-order valence-electron chi connectivity index (χ2n) is 5.09. The Morgan fingerprint density at radius 2 is 2.00 bits per heavy atom. The molecule has 0 atom stereocenters. The Hall–Kier alpha value is -2.84. The zero-order valence-electron chi connectivity index (χ0n) is 12.1. The molecule has 3 N–H and O–H groups in total. The maximum absolute atomic E-state index is 12.9. The molecule has 0 saturated heterocycles. The van der Waals surface area contributed by atoms with E-state index >= 15 is 0 Å². The van der Waals surface area contributed by atoms with Crippen LogP contribution >= 0.6 is 0 Å². The molecule has 23 heavy (non-hydrogen) atoms. The zero-order chi connectivity index (χ0) is 16.6. The van der Waals surface area contributed by atoms with Crippen molar-refractivity contribution in [1.29, 1.82) is 0 Å². The standard InChI is InChI=1S/C14H13F3N6/c1-8-4-9(6-10(5-8)14(15,16)17)7-20-11-12-21-22-13(18)23(12)3-2-19-11/h2-6H,7H2,1H3,(H2,18,22)(H,19,20). The number of hydrogen-bond donors (Lipinski definition) is 2. The number of aryl methyl sites for hydroxylation is 1. The van der Waals surface area contributed by atoms with E-state index in [0.29, 0.717) is 22.6 Å². The lowest BCUT2D eigenvalue weighted by molar-refractivity contribution is -0.137. The predicted molar refractivity (Wildman–Crippen MR) is 78.7 cm³/mol. The van der Waals surface area contributed by atoms with Crippen LogP contribution in [0.4, 0.5) is 24.9 Å². The van der Waals surface area contributed by atoms with Gasteiger partial charge in [-0.05, 0) is 24.6 Å². The smallest absolute Gasteiger partial charge is 0.368 e. The van der Waals surface area contributed by atoms with Gasteiger partial charge in [0.2, 0.25) is 11.6 Å². The van der Waals surface area contributed by atoms with Gasteiger partial charge in [-0.2, -0.15) is 13.2 Å². The number of anilines is 2. The summed E-state index contributed by atoms with van der Waals surface area (Å²) in [4.78, 5) is 4.12. The van der Waals surface area contributed by atoms with Crippen molar-refractivity contribution in [2.45, 2.75) is 19.6 Å². The lowest BCUT2D eigenvalue weighted by Crippen LogP contribution is -2.09. The van der Waals surface area contributed by atoms with Crippen LogP contribution in [0.3, 0.4) is 0 Å². The van der Waals surface area contributed by atoms with E-state index in [4.69, 9.17) is 5.73 Å². The minimum Gasteiger partial charge on any atom is -0.368 e. The minimum atomic E-state index is -4.37. The van der Waals surface area contributed by atoms with Gasteiger partial charge < -0.3 is 11.1 Å². The summed E-state index contributed by atoms with van der Waals surface area (Å²) in [6.07, 6.45) is -1.27. The van der Waals surface area contributed by atoms with Crippen molar-refractivity contribution in [2.24, 2.45) is 0 Å². The molecule has 120 valence electrons. The number of halogens is 3. The maximum atomic E-state index is 12.9. The van der Waals surface area contributed by atoms with Gasteiger partial charge in [0.25, 0.3) is 0 Å². The number of hydrogen-bond acceptors (Lipinski definition) is 5. The van der Waals surface area contributed by atoms with E-state index in [-0.39, 0.29) is 12.5 Å². The fraction of sp³-hybridized carbons (Fsp3) is 0.214. The van der Waals surface area contributed by atoms with E-state index in [9.17, 15) is 13.2 Å². The van der Waals surface area contributed by atoms with E-state index < -0.39 is 11.7 Å². The number of benzene rings is 1. The van der Waals surface area contributed by atoms with Crippen LogP contribution in [0.15, 0.2) is 30.6 Å². The first-order valence-corrected chi connectivity index (χ1v) is 6.71. The van der Waals surface area contributed by atoms with Crippen LogP contribution in [0, 0.1) is 6.92 Å². The van der Waals surface area contributed by atoms with Crippen molar-refractivity contribution in [3.8, 4) is 0 Å². The summed E-state index contributed by atoms with van der Waals surface area (Å²) in [5.74, 6) is 0.604. The van der Waals surface area contributed by atoms with Crippen molar-refractivity contribution in [3.05, 3.63) is 47.3 Å². The number of nitrogens with zero attached hydrogens (tertiary/aromatic N) is 4. The van der Waals surface area contributed by atoms with Gasteiger partial charge in [-0.15, -0.1) is 10.2 Å². The number of nitrogen functional groups attached to an aromatic ring is 1. The van der Waals surface area contributed by atoms with Crippen molar-refractivity contribution in [3.63, 3.8) is 0 Å². The number of nitrogens with two attached hydrogens (primary N) is 1. The van der Waals surface area contributed by atoms with Crippen LogP contribution in [0.1, 0.15) is 16.7 Å². The van der Waals surface area contributed by atoms with E-state index in [1.54, 1.807) is 19.2 Å². The summed E-state index contributed by atoms with van der Waals surface area (Å²) in [6.45, 7) is 1.79. The lowest BCUT2D eigenvalue weighted by atomic mass is 10.1. The molecule has 0 fully saturated rings. The Morgan fingerprint density at radius 1 is 1.22 bits per heavy atom. The molecule has 3 rings (SSSR count). The number of rotatable bonds is 3. The van der Waals surface area contributed by atoms with Crippen LogP contribution in [-0.2, 0) is 12.7 Å². The minimum absolute atomic E-state index is 0.171. The fourth-order valence-corrected chi connectivity index (χ4v) is 2.28. The van der Waals surface area contributed by atoms with Crippen molar-refractivity contribution in [2.75, 3.05) is 11.1 Å². The normalized spacial score (nSPS) is 11.8. The van der Waals surface area contributed by atoms with Crippen molar-refractivity contribution >= 4 is 17.4 Å². The van der Waals surface area contributed by atoms with Gasteiger partial charge in [0.05, 0.1) is 5.56 Å². The summed E-state index contributed by atoms with van der Waals surface area (Å²) >= 11 is 0. The molecule has 6 nitrogen and oxygen atoms in total. The van der Waals surface area contributed by atoms with Gasteiger partial charge in [0, 0.05) is 18.9 Å². The summed E-state index contributed by atoms with van der Waals surface area (Å²) in [6, 6.07) is 3.90. The average molecular weight is 322 g/mol. The Morgan fingerprint density at radius 3 is 2.74 bits per heavy atom. The molecule has 0 unspecified atom stereocenters. The highest BCUT2D eigenvalue weighted by Crippen LogP contribution is 2.30. The average Bonchev–Trinajstić information content (AvgIpc) is 2.86. The number of fused-ring (bicyclic) bond motifs is 1. The molecule has 0 aliphatic heterocycles. The van der Waals surface area contributed by atoms with Crippen LogP contribution in [-0.4, -0.2) is 19.6 Å². The first kappa shape index (κ1) is 15.1. The van der Waals surface area contributed by atoms with Crippen LogP contribution < -0.4 is 11.1 Å². The van der Waals surface area contributed by atoms with Gasteiger partial charge in [0.15, 0.2) is 5.82 Å². The van der Waals surface area contributed by atoms with E-state index in [1.165, 1.54) is 10.6 Å². The van der Waals surface area contributed by atoms with Crippen LogP contribution in [0.2, 0.25) is 0 Å². The predicted octanol–water partition coefficient (Wildman–Crippen LogP) is 2.65. The molecule has 0 spiro atoms. The number of aromatic nitrogens is 4. The SMILES string of the molecule is Cc1cc(CNc2nccn3c(N)nnc23)cc(C(F)(F)F)c1. The molecule has 0 aliphatic rings. The molecular weight excluding hydrogens is 309 g/mol. The van der Waals surface area contributed by atoms with E-state index in [0.717, 1.165) is 12.1 Å². The summed E-state index contributed by atoms with van der Waals surface area (Å²) in [5, 5.41) is 10.6. The Kier molecular flexibility index (Phi) is 3.55. The third-order valence-electron chi connectivity index (χ3n) is 3.28. The molecule has 0 saturated carbocycles. The number of alkyl halides is 3. The molecule has 1 aromatic carbocycles. The van der Waals surface area contributed by atoms with Gasteiger partial charge >= 0.3 is 6.18 Å². The largest absolute Gasteiger partial charge is 0.416 e. The highest BCUT2D eigenvalue weighted by Gasteiger charge is 2.30. The van der Waals surface area contributed by atoms with Gasteiger partial charge in [-0.3, -0.25) is 4.40 Å². The molecule has 2 aromatic heterocycles. The molecular formula is C14H13F3N6. The Bertz CT molecular complexity index is 855.